The Bertz CT molecular complexity index is 984. The molecule has 3 heterocycles. The Morgan fingerprint density at radius 2 is 1.79 bits per heavy atom. The Labute approximate surface area is 165 Å². The van der Waals surface area contributed by atoms with Crippen LogP contribution in [0.15, 0.2) is 47.5 Å². The summed E-state index contributed by atoms with van der Waals surface area (Å²) in [5, 5.41) is 0. The molecule has 7 nitrogen and oxygen atoms in total. The Kier molecular flexibility index (Phi) is 5.07. The van der Waals surface area contributed by atoms with Gasteiger partial charge in [-0.05, 0) is 30.2 Å². The Morgan fingerprint density at radius 3 is 2.54 bits per heavy atom. The molecule has 2 aromatic rings. The average molecular weight is 401 g/mol. The zero-order valence-corrected chi connectivity index (χ0v) is 16.7. The number of pyridine rings is 1. The molecule has 4 rings (SSSR count). The monoisotopic (exact) mass is 400 g/mol. The SMILES string of the molecule is CS(=O)(=O)c1cccnc1N1CCN(CC(=O)N2CCc3ccccc32)CC1. The molecule has 28 heavy (non-hydrogen) atoms. The summed E-state index contributed by atoms with van der Waals surface area (Å²) in [4.78, 5) is 23.3. The summed E-state index contributed by atoms with van der Waals surface area (Å²) in [6.45, 7) is 3.79. The summed E-state index contributed by atoms with van der Waals surface area (Å²) in [7, 11) is -3.33. The highest BCUT2D eigenvalue weighted by atomic mass is 32.2. The van der Waals surface area contributed by atoms with Crippen LogP contribution in [-0.4, -0.2) is 69.7 Å². The van der Waals surface area contributed by atoms with Crippen molar-refractivity contribution in [3.63, 3.8) is 0 Å². The van der Waals surface area contributed by atoms with Crippen LogP contribution >= 0.6 is 0 Å². The van der Waals surface area contributed by atoms with E-state index in [-0.39, 0.29) is 10.8 Å². The van der Waals surface area contributed by atoms with Gasteiger partial charge in [0.1, 0.15) is 10.7 Å². The molecule has 0 saturated carbocycles. The van der Waals surface area contributed by atoms with Crippen molar-refractivity contribution in [2.75, 3.05) is 55.3 Å². The predicted molar refractivity (Wildman–Crippen MR) is 108 cm³/mol. The number of carbonyl (C=O) groups is 1. The number of amides is 1. The second kappa shape index (κ2) is 7.52. The lowest BCUT2D eigenvalue weighted by Crippen LogP contribution is -2.50. The van der Waals surface area contributed by atoms with Gasteiger partial charge in [-0.3, -0.25) is 9.69 Å². The number of piperazine rings is 1. The molecule has 8 heteroatoms. The number of hydrogen-bond donors (Lipinski definition) is 0. The number of fused-ring (bicyclic) bond motifs is 1. The van der Waals surface area contributed by atoms with Crippen LogP contribution in [0.1, 0.15) is 5.56 Å². The van der Waals surface area contributed by atoms with Crippen LogP contribution in [0, 0.1) is 0 Å². The van der Waals surface area contributed by atoms with Gasteiger partial charge in [0.25, 0.3) is 0 Å². The van der Waals surface area contributed by atoms with E-state index in [4.69, 9.17) is 0 Å². The van der Waals surface area contributed by atoms with Crippen molar-refractivity contribution in [1.29, 1.82) is 0 Å². The molecule has 1 amide bonds. The number of benzene rings is 1. The molecular weight excluding hydrogens is 376 g/mol. The fourth-order valence-corrected chi connectivity index (χ4v) is 4.74. The molecule has 1 fully saturated rings. The van der Waals surface area contributed by atoms with Crippen molar-refractivity contribution in [2.24, 2.45) is 0 Å². The van der Waals surface area contributed by atoms with E-state index < -0.39 is 9.84 Å². The Balaban J connectivity index is 1.39. The summed E-state index contributed by atoms with van der Waals surface area (Å²) in [5.41, 5.74) is 2.25. The third-order valence-electron chi connectivity index (χ3n) is 5.37. The van der Waals surface area contributed by atoms with Crippen LogP contribution in [0.25, 0.3) is 0 Å². The molecule has 0 N–H and O–H groups in total. The molecule has 2 aliphatic rings. The number of para-hydroxylation sites is 1. The number of sulfone groups is 1. The molecule has 0 bridgehead atoms. The Hall–Kier alpha value is -2.45. The highest BCUT2D eigenvalue weighted by Gasteiger charge is 2.28. The molecule has 0 unspecified atom stereocenters. The van der Waals surface area contributed by atoms with Crippen LogP contribution in [0.2, 0.25) is 0 Å². The maximum atomic E-state index is 12.8. The van der Waals surface area contributed by atoms with Gasteiger partial charge in [-0.1, -0.05) is 18.2 Å². The summed E-state index contributed by atoms with van der Waals surface area (Å²) in [5.74, 6) is 0.623. The van der Waals surface area contributed by atoms with Crippen molar-refractivity contribution < 1.29 is 13.2 Å². The lowest BCUT2D eigenvalue weighted by atomic mass is 10.2. The van der Waals surface area contributed by atoms with Crippen molar-refractivity contribution in [3.8, 4) is 0 Å². The lowest BCUT2D eigenvalue weighted by Gasteiger charge is -2.36. The van der Waals surface area contributed by atoms with E-state index in [1.54, 1.807) is 18.3 Å². The molecule has 1 aromatic heterocycles. The number of nitrogens with zero attached hydrogens (tertiary/aromatic N) is 4. The van der Waals surface area contributed by atoms with Crippen molar-refractivity contribution in [1.82, 2.24) is 9.88 Å². The molecule has 148 valence electrons. The van der Waals surface area contributed by atoms with Crippen molar-refractivity contribution >= 4 is 27.2 Å². The molecule has 0 radical (unpaired) electrons. The first-order chi connectivity index (χ1) is 13.4. The first kappa shape index (κ1) is 18.9. The van der Waals surface area contributed by atoms with Gasteiger partial charge in [0, 0.05) is 50.9 Å². The van der Waals surface area contributed by atoms with Gasteiger partial charge in [0.15, 0.2) is 9.84 Å². The zero-order chi connectivity index (χ0) is 19.7. The first-order valence-electron chi connectivity index (χ1n) is 9.44. The Morgan fingerprint density at radius 1 is 1.04 bits per heavy atom. The number of aromatic nitrogens is 1. The third kappa shape index (κ3) is 3.74. The smallest absolute Gasteiger partial charge is 0.241 e. The number of hydrogen-bond acceptors (Lipinski definition) is 6. The predicted octanol–water partition coefficient (Wildman–Crippen LogP) is 1.20. The average Bonchev–Trinajstić information content (AvgIpc) is 3.12. The van der Waals surface area contributed by atoms with E-state index in [0.29, 0.717) is 38.5 Å². The van der Waals surface area contributed by atoms with Crippen molar-refractivity contribution in [2.45, 2.75) is 11.3 Å². The molecule has 0 spiro atoms. The first-order valence-corrected chi connectivity index (χ1v) is 11.3. The normalized spacial score (nSPS) is 17.6. The van der Waals surface area contributed by atoms with E-state index in [9.17, 15) is 13.2 Å². The standard InChI is InChI=1S/C20H24N4O3S/c1-28(26,27)18-7-4-9-21-20(18)23-13-11-22(12-14-23)15-19(25)24-10-8-16-5-2-3-6-17(16)24/h2-7,9H,8,10-15H2,1H3. The van der Waals surface area contributed by atoms with Gasteiger partial charge >= 0.3 is 0 Å². The minimum atomic E-state index is -3.33. The number of carbonyl (C=O) groups excluding carboxylic acids is 1. The third-order valence-corrected chi connectivity index (χ3v) is 6.49. The van der Waals surface area contributed by atoms with Crippen LogP contribution in [0.4, 0.5) is 11.5 Å². The molecule has 0 aliphatic carbocycles. The van der Waals surface area contributed by atoms with Gasteiger partial charge in [0.05, 0.1) is 6.54 Å². The van der Waals surface area contributed by atoms with Crippen LogP contribution in [0.5, 0.6) is 0 Å². The molecule has 1 saturated heterocycles. The van der Waals surface area contributed by atoms with Gasteiger partial charge in [-0.25, -0.2) is 13.4 Å². The van der Waals surface area contributed by atoms with E-state index in [0.717, 1.165) is 18.7 Å². The van der Waals surface area contributed by atoms with Gasteiger partial charge < -0.3 is 9.80 Å². The van der Waals surface area contributed by atoms with Gasteiger partial charge in [-0.15, -0.1) is 0 Å². The van der Waals surface area contributed by atoms with Crippen LogP contribution < -0.4 is 9.80 Å². The molecule has 1 aromatic carbocycles. The maximum absolute atomic E-state index is 12.8. The van der Waals surface area contributed by atoms with Gasteiger partial charge in [0.2, 0.25) is 5.91 Å². The van der Waals surface area contributed by atoms with E-state index in [1.165, 1.54) is 11.8 Å². The second-order valence-corrected chi connectivity index (χ2v) is 9.27. The lowest BCUT2D eigenvalue weighted by molar-refractivity contribution is -0.119. The summed E-state index contributed by atoms with van der Waals surface area (Å²) >= 11 is 0. The molecular formula is C20H24N4O3S. The maximum Gasteiger partial charge on any atom is 0.241 e. The quantitative estimate of drug-likeness (QED) is 0.768. The van der Waals surface area contributed by atoms with E-state index in [1.807, 2.05) is 28.0 Å². The zero-order valence-electron chi connectivity index (χ0n) is 15.9. The number of anilines is 2. The minimum Gasteiger partial charge on any atom is -0.353 e. The van der Waals surface area contributed by atoms with Crippen molar-refractivity contribution in [3.05, 3.63) is 48.2 Å². The summed E-state index contributed by atoms with van der Waals surface area (Å²) in [6, 6.07) is 11.3. The van der Waals surface area contributed by atoms with Gasteiger partial charge in [-0.2, -0.15) is 0 Å². The highest BCUT2D eigenvalue weighted by Crippen LogP contribution is 2.28. The second-order valence-electron chi connectivity index (χ2n) is 7.28. The fraction of sp³-hybridized carbons (Fsp3) is 0.400. The van der Waals surface area contributed by atoms with E-state index in [2.05, 4.69) is 16.0 Å². The topological polar surface area (TPSA) is 73.8 Å². The highest BCUT2D eigenvalue weighted by molar-refractivity contribution is 7.90. The minimum absolute atomic E-state index is 0.119. The number of rotatable bonds is 4. The van der Waals surface area contributed by atoms with E-state index >= 15 is 0 Å². The largest absolute Gasteiger partial charge is 0.353 e. The summed E-state index contributed by atoms with van der Waals surface area (Å²) < 4.78 is 24.1. The summed E-state index contributed by atoms with van der Waals surface area (Å²) in [6.07, 6.45) is 3.73. The van der Waals surface area contributed by atoms with Crippen LogP contribution in [-0.2, 0) is 21.1 Å². The fourth-order valence-electron chi connectivity index (χ4n) is 3.90. The van der Waals surface area contributed by atoms with Crippen LogP contribution in [0.3, 0.4) is 0 Å². The molecule has 0 atom stereocenters. The molecule has 2 aliphatic heterocycles.